The van der Waals surface area contributed by atoms with Gasteiger partial charge < -0.3 is 20.2 Å². The first kappa shape index (κ1) is 16.0. The van der Waals surface area contributed by atoms with Crippen LogP contribution in [-0.4, -0.2) is 23.3 Å². The molecule has 0 saturated carbocycles. The Labute approximate surface area is 128 Å². The number of anilines is 1. The Bertz CT molecular complexity index is 637. The van der Waals surface area contributed by atoms with Crippen LogP contribution in [0, 0.1) is 5.82 Å². The molecule has 2 amide bonds. The second kappa shape index (κ2) is 6.62. The number of amides is 2. The standard InChI is InChI=1S/C16H19FN2O3/c1-3-16(2,10-20)19-15(21)18-13-9-11(6-7-12(13)17)14-5-4-8-22-14/h4-9,20H,3,10H2,1-2H3,(H2,18,19,21). The molecule has 0 aliphatic carbocycles. The largest absolute Gasteiger partial charge is 0.464 e. The van der Waals surface area contributed by atoms with Crippen LogP contribution in [0.1, 0.15) is 20.3 Å². The molecule has 118 valence electrons. The lowest BCUT2D eigenvalue weighted by Crippen LogP contribution is -2.50. The van der Waals surface area contributed by atoms with Crippen molar-refractivity contribution in [2.75, 3.05) is 11.9 Å². The highest BCUT2D eigenvalue weighted by atomic mass is 19.1. The van der Waals surface area contributed by atoms with Crippen molar-refractivity contribution in [3.8, 4) is 11.3 Å². The summed E-state index contributed by atoms with van der Waals surface area (Å²) in [5, 5.41) is 14.4. The Morgan fingerprint density at radius 1 is 1.41 bits per heavy atom. The summed E-state index contributed by atoms with van der Waals surface area (Å²) in [4.78, 5) is 12.0. The number of rotatable bonds is 5. The van der Waals surface area contributed by atoms with Crippen molar-refractivity contribution in [1.29, 1.82) is 0 Å². The minimum atomic E-state index is -0.751. The number of urea groups is 1. The van der Waals surface area contributed by atoms with Crippen LogP contribution in [0.5, 0.6) is 0 Å². The van der Waals surface area contributed by atoms with Gasteiger partial charge in [0.1, 0.15) is 11.6 Å². The van der Waals surface area contributed by atoms with Gasteiger partial charge in [0.2, 0.25) is 0 Å². The number of aliphatic hydroxyl groups is 1. The van der Waals surface area contributed by atoms with E-state index in [1.54, 1.807) is 25.1 Å². The molecule has 1 aromatic carbocycles. The van der Waals surface area contributed by atoms with E-state index in [-0.39, 0.29) is 12.3 Å². The maximum Gasteiger partial charge on any atom is 0.319 e. The Hall–Kier alpha value is -2.34. The molecule has 22 heavy (non-hydrogen) atoms. The third-order valence-corrected chi connectivity index (χ3v) is 3.56. The first-order valence-corrected chi connectivity index (χ1v) is 7.01. The van der Waals surface area contributed by atoms with Crippen LogP contribution in [0.15, 0.2) is 41.0 Å². The Morgan fingerprint density at radius 3 is 2.77 bits per heavy atom. The average molecular weight is 306 g/mol. The van der Waals surface area contributed by atoms with E-state index in [2.05, 4.69) is 10.6 Å². The maximum atomic E-state index is 13.8. The predicted molar refractivity (Wildman–Crippen MR) is 82.0 cm³/mol. The van der Waals surface area contributed by atoms with Crippen LogP contribution < -0.4 is 10.6 Å². The highest BCUT2D eigenvalue weighted by Gasteiger charge is 2.23. The van der Waals surface area contributed by atoms with E-state index in [0.717, 1.165) is 0 Å². The number of nitrogens with one attached hydrogen (secondary N) is 2. The number of carbonyl (C=O) groups excluding carboxylic acids is 1. The fourth-order valence-corrected chi connectivity index (χ4v) is 1.88. The second-order valence-electron chi connectivity index (χ2n) is 5.32. The normalized spacial score (nSPS) is 13.5. The third kappa shape index (κ3) is 3.65. The molecule has 0 spiro atoms. The van der Waals surface area contributed by atoms with E-state index >= 15 is 0 Å². The van der Waals surface area contributed by atoms with E-state index in [1.165, 1.54) is 18.4 Å². The fraction of sp³-hybridized carbons (Fsp3) is 0.312. The SMILES string of the molecule is CCC(C)(CO)NC(=O)Nc1cc(-c2ccco2)ccc1F. The van der Waals surface area contributed by atoms with E-state index in [0.29, 0.717) is 17.7 Å². The number of furan rings is 1. The van der Waals surface area contributed by atoms with Crippen LogP contribution in [-0.2, 0) is 0 Å². The van der Waals surface area contributed by atoms with Gasteiger partial charge in [0.25, 0.3) is 0 Å². The summed E-state index contributed by atoms with van der Waals surface area (Å²) >= 11 is 0. The summed E-state index contributed by atoms with van der Waals surface area (Å²) < 4.78 is 19.1. The molecule has 0 fully saturated rings. The quantitative estimate of drug-likeness (QED) is 0.793. The molecule has 2 aromatic rings. The molecule has 0 bridgehead atoms. The molecule has 1 unspecified atom stereocenters. The number of hydrogen-bond donors (Lipinski definition) is 3. The lowest BCUT2D eigenvalue weighted by Gasteiger charge is -2.27. The number of benzene rings is 1. The topological polar surface area (TPSA) is 74.5 Å². The molecule has 3 N–H and O–H groups in total. The van der Waals surface area contributed by atoms with E-state index < -0.39 is 17.4 Å². The van der Waals surface area contributed by atoms with Gasteiger partial charge in [-0.05, 0) is 43.7 Å². The van der Waals surface area contributed by atoms with Crippen LogP contribution >= 0.6 is 0 Å². The number of aliphatic hydroxyl groups excluding tert-OH is 1. The van der Waals surface area contributed by atoms with E-state index in [4.69, 9.17) is 4.42 Å². The van der Waals surface area contributed by atoms with Crippen LogP contribution in [0.2, 0.25) is 0 Å². The summed E-state index contributed by atoms with van der Waals surface area (Å²) in [6.07, 6.45) is 2.07. The zero-order chi connectivity index (χ0) is 16.2. The maximum absolute atomic E-state index is 13.8. The minimum Gasteiger partial charge on any atom is -0.464 e. The predicted octanol–water partition coefficient (Wildman–Crippen LogP) is 3.37. The lowest BCUT2D eigenvalue weighted by atomic mass is 10.0. The smallest absolute Gasteiger partial charge is 0.319 e. The first-order chi connectivity index (χ1) is 10.5. The Balaban J connectivity index is 2.15. The fourth-order valence-electron chi connectivity index (χ4n) is 1.88. The van der Waals surface area contributed by atoms with Gasteiger partial charge in [-0.2, -0.15) is 0 Å². The van der Waals surface area contributed by atoms with Crippen LogP contribution in [0.4, 0.5) is 14.9 Å². The van der Waals surface area contributed by atoms with E-state index in [9.17, 15) is 14.3 Å². The van der Waals surface area contributed by atoms with Gasteiger partial charge in [0, 0.05) is 5.56 Å². The molecular formula is C16H19FN2O3. The monoisotopic (exact) mass is 306 g/mol. The van der Waals surface area contributed by atoms with Gasteiger partial charge in [-0.25, -0.2) is 9.18 Å². The van der Waals surface area contributed by atoms with Gasteiger partial charge in [-0.1, -0.05) is 6.92 Å². The number of carbonyl (C=O) groups is 1. The summed E-state index contributed by atoms with van der Waals surface area (Å²) in [5.74, 6) is 0.0323. The number of hydrogen-bond acceptors (Lipinski definition) is 3. The molecule has 0 aliphatic rings. The summed E-state index contributed by atoms with van der Waals surface area (Å²) in [7, 11) is 0. The second-order valence-corrected chi connectivity index (χ2v) is 5.32. The average Bonchev–Trinajstić information content (AvgIpc) is 3.03. The van der Waals surface area contributed by atoms with Gasteiger partial charge in [0.15, 0.2) is 0 Å². The molecule has 2 rings (SSSR count). The molecule has 1 aromatic heterocycles. The minimum absolute atomic E-state index is 0.0443. The van der Waals surface area contributed by atoms with Crippen LogP contribution in [0.25, 0.3) is 11.3 Å². The first-order valence-electron chi connectivity index (χ1n) is 7.01. The van der Waals surface area contributed by atoms with Crippen molar-refractivity contribution in [2.24, 2.45) is 0 Å². The van der Waals surface area contributed by atoms with Gasteiger partial charge in [-0.15, -0.1) is 0 Å². The highest BCUT2D eigenvalue weighted by molar-refractivity contribution is 5.90. The molecule has 0 radical (unpaired) electrons. The van der Waals surface area contributed by atoms with Crippen molar-refractivity contribution in [1.82, 2.24) is 5.32 Å². The van der Waals surface area contributed by atoms with Gasteiger partial charge in [0.05, 0.1) is 24.1 Å². The lowest BCUT2D eigenvalue weighted by molar-refractivity contribution is 0.172. The van der Waals surface area contributed by atoms with Crippen molar-refractivity contribution < 1.29 is 18.7 Å². The molecule has 0 saturated heterocycles. The molecule has 6 heteroatoms. The summed E-state index contributed by atoms with van der Waals surface area (Å²) in [5.41, 5.74) is -0.0518. The zero-order valence-electron chi connectivity index (χ0n) is 12.5. The summed E-state index contributed by atoms with van der Waals surface area (Å²) in [6.45, 7) is 3.35. The van der Waals surface area contributed by atoms with Crippen molar-refractivity contribution in [3.63, 3.8) is 0 Å². The van der Waals surface area contributed by atoms with Crippen molar-refractivity contribution in [3.05, 3.63) is 42.4 Å². The van der Waals surface area contributed by atoms with Crippen molar-refractivity contribution in [2.45, 2.75) is 25.8 Å². The molecular weight excluding hydrogens is 287 g/mol. The third-order valence-electron chi connectivity index (χ3n) is 3.56. The summed E-state index contributed by atoms with van der Waals surface area (Å²) in [6, 6.07) is 7.23. The Kier molecular flexibility index (Phi) is 4.82. The van der Waals surface area contributed by atoms with Gasteiger partial charge in [-0.3, -0.25) is 0 Å². The highest BCUT2D eigenvalue weighted by Crippen LogP contribution is 2.25. The molecule has 0 aliphatic heterocycles. The van der Waals surface area contributed by atoms with Crippen LogP contribution in [0.3, 0.4) is 0 Å². The number of halogens is 1. The van der Waals surface area contributed by atoms with Crippen molar-refractivity contribution >= 4 is 11.7 Å². The van der Waals surface area contributed by atoms with E-state index in [1.807, 2.05) is 6.92 Å². The zero-order valence-corrected chi connectivity index (χ0v) is 12.5. The Morgan fingerprint density at radius 2 is 2.18 bits per heavy atom. The molecule has 5 nitrogen and oxygen atoms in total. The molecule has 1 atom stereocenters. The molecule has 1 heterocycles. The van der Waals surface area contributed by atoms with Gasteiger partial charge >= 0.3 is 6.03 Å².